The molecule has 0 amide bonds. The summed E-state index contributed by atoms with van der Waals surface area (Å²) in [5.41, 5.74) is -0.860. The van der Waals surface area contributed by atoms with E-state index in [9.17, 15) is 0 Å². The van der Waals surface area contributed by atoms with Gasteiger partial charge in [0.2, 0.25) is 0 Å². The van der Waals surface area contributed by atoms with Crippen LogP contribution in [-0.4, -0.2) is 42.9 Å². The first-order chi connectivity index (χ1) is 15.5. The van der Waals surface area contributed by atoms with E-state index < -0.39 is 104 Å². The Hall–Kier alpha value is -1.64. The molecule has 1 fully saturated rings. The number of nitrogens with zero attached hydrogens (tertiary/aromatic N) is 2. The van der Waals surface area contributed by atoms with E-state index in [-0.39, 0.29) is 0 Å². The fourth-order valence-corrected chi connectivity index (χ4v) is 1.99. The predicted octanol–water partition coefficient (Wildman–Crippen LogP) is 3.02. The van der Waals surface area contributed by atoms with Crippen molar-refractivity contribution in [3.8, 4) is 0 Å². The van der Waals surface area contributed by atoms with Crippen molar-refractivity contribution in [2.24, 2.45) is 0 Å². The van der Waals surface area contributed by atoms with Crippen molar-refractivity contribution < 1.29 is 19.2 Å². The van der Waals surface area contributed by atoms with Crippen molar-refractivity contribution >= 4 is 0 Å². The van der Waals surface area contributed by atoms with Gasteiger partial charge in [0, 0.05) is 31.6 Å². The Bertz CT molecular complexity index is 1020. The van der Waals surface area contributed by atoms with Gasteiger partial charge >= 0.3 is 0 Å². The summed E-state index contributed by atoms with van der Waals surface area (Å²) < 4.78 is 115. The summed E-state index contributed by atoms with van der Waals surface area (Å²) in [6.07, 6.45) is 0. The summed E-state index contributed by atoms with van der Waals surface area (Å²) in [4.78, 5) is 1.99. The summed E-state index contributed by atoms with van der Waals surface area (Å²) in [5, 5.41) is 0. The molecule has 2 aromatic carbocycles. The Morgan fingerprint density at radius 1 is 0.900 bits per heavy atom. The molecule has 0 radical (unpaired) electrons. The van der Waals surface area contributed by atoms with Gasteiger partial charge in [-0.1, -0.05) is 60.4 Å². The number of hydrogen-bond acceptors (Lipinski definition) is 2. The van der Waals surface area contributed by atoms with Gasteiger partial charge in [-0.05, 0) is 18.2 Å². The average Bonchev–Trinajstić information content (AvgIpc) is 2.75. The van der Waals surface area contributed by atoms with Crippen LogP contribution < -0.4 is 0 Å². The minimum atomic E-state index is -2.29. The summed E-state index contributed by atoms with van der Waals surface area (Å²) >= 11 is 0. The van der Waals surface area contributed by atoms with E-state index in [0.717, 1.165) is 9.80 Å². The number of rotatable bonds is 3. The van der Waals surface area contributed by atoms with Gasteiger partial charge in [0.1, 0.15) is 0 Å². The molecular formula is C18H22N2. The van der Waals surface area contributed by atoms with Gasteiger partial charge in [0.05, 0.1) is 19.7 Å². The van der Waals surface area contributed by atoms with Crippen LogP contribution >= 0.6 is 0 Å². The van der Waals surface area contributed by atoms with E-state index in [1.54, 1.807) is 0 Å². The van der Waals surface area contributed by atoms with Crippen LogP contribution in [0.25, 0.3) is 0 Å². The molecule has 0 aliphatic carbocycles. The Kier molecular flexibility index (Phi) is 1.45. The maximum absolute atomic E-state index is 8.41. The molecule has 1 saturated heterocycles. The highest BCUT2D eigenvalue weighted by molar-refractivity contribution is 5.31. The molecule has 20 heavy (non-hydrogen) atoms. The highest BCUT2D eigenvalue weighted by Crippen LogP contribution is 2.29. The third-order valence-electron chi connectivity index (χ3n) is 2.97. The molecule has 1 aliphatic rings. The van der Waals surface area contributed by atoms with E-state index in [1.165, 1.54) is 7.05 Å². The standard InChI is InChI=1S/C18H22N2/c1-19-12-14-20(15-13-19)18(16-8-4-2-5-9-16)17-10-6-3-7-11-17/h2-11,18H,12-15H2,1H3/i2D,3D,4D,5D,6D,7D,8D,9D,10D,11D,12D2,13D2. The van der Waals surface area contributed by atoms with Crippen LogP contribution in [0.4, 0.5) is 0 Å². The van der Waals surface area contributed by atoms with E-state index in [1.807, 2.05) is 0 Å². The lowest BCUT2D eigenvalue weighted by Gasteiger charge is -2.38. The summed E-state index contributed by atoms with van der Waals surface area (Å²) in [6.45, 7) is -5.64. The summed E-state index contributed by atoms with van der Waals surface area (Å²) in [5.74, 6) is 0. The molecule has 0 N–H and O–H groups in total. The smallest absolute Gasteiger partial charge is 0.0626 e. The molecule has 1 aliphatic heterocycles. The first-order valence-corrected chi connectivity index (χ1v) is 6.07. The van der Waals surface area contributed by atoms with Crippen LogP contribution in [0.15, 0.2) is 60.4 Å². The SMILES string of the molecule is [2H]c1c([2H])c([2H])c(C(c2c([2H])c([2H])c([2H])c([2H])c2[2H])N2CC([2H])([2H])N(C)C([2H])([2H])C2)c([2H])c1[2H]. The second-order valence-electron chi connectivity index (χ2n) is 4.26. The predicted molar refractivity (Wildman–Crippen MR) is 83.8 cm³/mol. The molecule has 0 saturated carbocycles. The molecule has 0 aromatic heterocycles. The zero-order valence-electron chi connectivity index (χ0n) is 24.9. The highest BCUT2D eigenvalue weighted by Gasteiger charge is 2.24. The normalized spacial score (nSPS) is 32.5. The van der Waals surface area contributed by atoms with Crippen LogP contribution in [0.2, 0.25) is 0 Å². The summed E-state index contributed by atoms with van der Waals surface area (Å²) in [7, 11) is 1.24. The Labute approximate surface area is 141 Å². The van der Waals surface area contributed by atoms with Gasteiger partial charge in [-0.15, -0.1) is 0 Å². The van der Waals surface area contributed by atoms with Crippen LogP contribution in [0.3, 0.4) is 0 Å². The molecule has 0 spiro atoms. The highest BCUT2D eigenvalue weighted by atomic mass is 15.3. The van der Waals surface area contributed by atoms with E-state index >= 15 is 0 Å². The third kappa shape index (κ3) is 2.92. The monoisotopic (exact) mass is 280 g/mol. The molecule has 0 bridgehead atoms. The first kappa shape index (κ1) is 4.69. The molecule has 2 aromatic rings. The topological polar surface area (TPSA) is 6.48 Å². The Balaban J connectivity index is 2.45. The lowest BCUT2D eigenvalue weighted by Crippen LogP contribution is -2.46. The summed E-state index contributed by atoms with van der Waals surface area (Å²) in [6, 6.07) is -8.63. The minimum absolute atomic E-state index is 0.430. The quantitative estimate of drug-likeness (QED) is 0.853. The van der Waals surface area contributed by atoms with Gasteiger partial charge < -0.3 is 4.90 Å². The van der Waals surface area contributed by atoms with Gasteiger partial charge in [-0.25, -0.2) is 0 Å². The lowest BCUT2D eigenvalue weighted by molar-refractivity contribution is 0.127. The molecule has 1 heterocycles. The van der Waals surface area contributed by atoms with Gasteiger partial charge in [-0.2, -0.15) is 0 Å². The number of hydrogen-bond donors (Lipinski definition) is 0. The molecule has 0 atom stereocenters. The minimum Gasteiger partial charge on any atom is -0.304 e. The maximum atomic E-state index is 8.41. The van der Waals surface area contributed by atoms with E-state index in [2.05, 4.69) is 0 Å². The van der Waals surface area contributed by atoms with Crippen molar-refractivity contribution in [2.75, 3.05) is 33.1 Å². The van der Waals surface area contributed by atoms with Crippen molar-refractivity contribution in [3.63, 3.8) is 0 Å². The first-order valence-electron chi connectivity index (χ1n) is 13.1. The third-order valence-corrected chi connectivity index (χ3v) is 2.97. The van der Waals surface area contributed by atoms with Gasteiger partial charge in [-0.3, -0.25) is 4.90 Å². The van der Waals surface area contributed by atoms with Gasteiger partial charge in [0.25, 0.3) is 0 Å². The molecule has 0 unspecified atom stereocenters. The van der Waals surface area contributed by atoms with Crippen LogP contribution in [0.5, 0.6) is 0 Å². The van der Waals surface area contributed by atoms with Crippen LogP contribution in [0, 0.1) is 0 Å². The second kappa shape index (κ2) is 6.21. The van der Waals surface area contributed by atoms with Gasteiger partial charge in [0.15, 0.2) is 0 Å². The zero-order valence-corrected chi connectivity index (χ0v) is 10.9. The van der Waals surface area contributed by atoms with Crippen molar-refractivity contribution in [2.45, 2.75) is 6.04 Å². The molecule has 2 heteroatoms. The molecule has 3 rings (SSSR count). The van der Waals surface area contributed by atoms with Crippen molar-refractivity contribution in [1.82, 2.24) is 9.80 Å². The zero-order chi connectivity index (χ0) is 26.1. The van der Waals surface area contributed by atoms with E-state index in [0.29, 0.717) is 0 Å². The fraction of sp³-hybridized carbons (Fsp3) is 0.333. The van der Waals surface area contributed by atoms with Crippen LogP contribution in [0.1, 0.15) is 36.4 Å². The fourth-order valence-electron chi connectivity index (χ4n) is 1.99. The molecule has 2 nitrogen and oxygen atoms in total. The average molecular weight is 280 g/mol. The number of likely N-dealkylation sites (N-methyl/N-ethyl adjacent to an activating group) is 1. The molecule has 104 valence electrons. The number of piperazine rings is 1. The van der Waals surface area contributed by atoms with E-state index in [4.69, 9.17) is 19.2 Å². The Morgan fingerprint density at radius 2 is 1.35 bits per heavy atom. The lowest BCUT2D eigenvalue weighted by atomic mass is 9.96. The van der Waals surface area contributed by atoms with Crippen LogP contribution in [-0.2, 0) is 0 Å². The maximum Gasteiger partial charge on any atom is 0.0626 e. The Morgan fingerprint density at radius 3 is 1.80 bits per heavy atom. The van der Waals surface area contributed by atoms with Crippen molar-refractivity contribution in [1.29, 1.82) is 0 Å². The number of benzene rings is 2. The second-order valence-corrected chi connectivity index (χ2v) is 4.26. The van der Waals surface area contributed by atoms with Crippen molar-refractivity contribution in [3.05, 3.63) is 71.6 Å². The largest absolute Gasteiger partial charge is 0.304 e. The molecular weight excluding hydrogens is 244 g/mol.